The Balaban J connectivity index is 1.57. The van der Waals surface area contributed by atoms with E-state index >= 15 is 0 Å². The van der Waals surface area contributed by atoms with Gasteiger partial charge in [0.25, 0.3) is 0 Å². The molecule has 0 radical (unpaired) electrons. The van der Waals surface area contributed by atoms with Crippen LogP contribution < -0.4 is 9.47 Å². The van der Waals surface area contributed by atoms with Gasteiger partial charge in [0.2, 0.25) is 0 Å². The third-order valence-electron chi connectivity index (χ3n) is 4.24. The zero-order valence-corrected chi connectivity index (χ0v) is 20.3. The first-order valence-electron chi connectivity index (χ1n) is 10.5. The average Bonchev–Trinajstić information content (AvgIpc) is 2.80. The second-order valence-corrected chi connectivity index (χ2v) is 8.76. The minimum atomic E-state index is 0.509. The Morgan fingerprint density at radius 3 is 1.29 bits per heavy atom. The van der Waals surface area contributed by atoms with Gasteiger partial charge < -0.3 is 0 Å². The summed E-state index contributed by atoms with van der Waals surface area (Å²) in [4.78, 5) is 0. The summed E-state index contributed by atoms with van der Waals surface area (Å²) in [6, 6.07) is 16.7. The quantitative estimate of drug-likeness (QED) is 0.233. The molecule has 0 aliphatic heterocycles. The van der Waals surface area contributed by atoms with Gasteiger partial charge in [-0.2, -0.15) is 0 Å². The molecule has 0 aliphatic carbocycles. The number of ether oxygens (including phenoxy) is 6. The molecule has 2 aromatic carbocycles. The van der Waals surface area contributed by atoms with E-state index in [0.29, 0.717) is 67.8 Å². The van der Waals surface area contributed by atoms with E-state index in [1.807, 2.05) is 24.3 Å². The molecule has 172 valence electrons. The van der Waals surface area contributed by atoms with Crippen LogP contribution in [0.5, 0.6) is 11.5 Å². The van der Waals surface area contributed by atoms with Gasteiger partial charge in [0.1, 0.15) is 0 Å². The Kier molecular flexibility index (Phi) is 14.1. The number of methoxy groups -OCH3 is 2. The molecular formula is C24H34O6Se. The van der Waals surface area contributed by atoms with Gasteiger partial charge in [-0.3, -0.25) is 0 Å². The minimum absolute atomic E-state index is 0.509. The fourth-order valence-electron chi connectivity index (χ4n) is 2.58. The van der Waals surface area contributed by atoms with Gasteiger partial charge in [0, 0.05) is 14.2 Å². The Bertz CT molecular complexity index is 618. The van der Waals surface area contributed by atoms with Crippen LogP contribution in [0.1, 0.15) is 11.1 Å². The van der Waals surface area contributed by atoms with Crippen LogP contribution >= 0.6 is 0 Å². The van der Waals surface area contributed by atoms with Crippen molar-refractivity contribution in [1.29, 1.82) is 0 Å². The second kappa shape index (κ2) is 17.0. The molecule has 0 spiro atoms. The first-order valence-corrected chi connectivity index (χ1v) is 12.9. The summed E-state index contributed by atoms with van der Waals surface area (Å²) in [7, 11) is 3.33. The first kappa shape index (κ1) is 25.7. The second-order valence-electron chi connectivity index (χ2n) is 6.69. The number of rotatable bonds is 18. The normalized spacial score (nSPS) is 10.9. The van der Waals surface area contributed by atoms with E-state index < -0.39 is 0 Å². The molecule has 31 heavy (non-hydrogen) atoms. The summed E-state index contributed by atoms with van der Waals surface area (Å²) in [5, 5.41) is 2.20. The number of hydrogen-bond acceptors (Lipinski definition) is 6. The van der Waals surface area contributed by atoms with Crippen LogP contribution in [0.15, 0.2) is 48.5 Å². The van der Waals surface area contributed by atoms with Gasteiger partial charge in [0.05, 0.1) is 0 Å². The van der Waals surface area contributed by atoms with Gasteiger partial charge in [0.15, 0.2) is 0 Å². The molecule has 0 aromatic heterocycles. The summed E-state index contributed by atoms with van der Waals surface area (Å²) in [5.41, 5.74) is 2.69. The van der Waals surface area contributed by atoms with Gasteiger partial charge >= 0.3 is 178 Å². The van der Waals surface area contributed by atoms with Gasteiger partial charge in [-0.25, -0.2) is 0 Å². The number of benzene rings is 2. The van der Waals surface area contributed by atoms with E-state index in [9.17, 15) is 0 Å². The maximum atomic E-state index is 5.69. The van der Waals surface area contributed by atoms with Crippen molar-refractivity contribution in [3.63, 3.8) is 0 Å². The summed E-state index contributed by atoms with van der Waals surface area (Å²) in [6.07, 6.45) is 0. The summed E-state index contributed by atoms with van der Waals surface area (Å²) in [6.45, 7) is 4.66. The van der Waals surface area contributed by atoms with Crippen LogP contribution in [0.25, 0.3) is 0 Å². The van der Waals surface area contributed by atoms with Crippen molar-refractivity contribution in [3.05, 3.63) is 59.7 Å². The fourth-order valence-corrected chi connectivity index (χ4v) is 4.59. The first-order chi connectivity index (χ1) is 15.3. The Hall–Kier alpha value is -1.60. The van der Waals surface area contributed by atoms with Gasteiger partial charge in [-0.05, 0) is 0 Å². The van der Waals surface area contributed by atoms with E-state index in [1.165, 1.54) is 11.1 Å². The predicted molar refractivity (Wildman–Crippen MR) is 122 cm³/mol. The van der Waals surface area contributed by atoms with Crippen molar-refractivity contribution in [2.45, 2.75) is 10.6 Å². The number of hydrogen-bond donors (Lipinski definition) is 0. The Labute approximate surface area is 192 Å². The Morgan fingerprint density at radius 2 is 0.903 bits per heavy atom. The third kappa shape index (κ3) is 12.1. The van der Waals surface area contributed by atoms with Crippen LogP contribution in [0.2, 0.25) is 0 Å². The van der Waals surface area contributed by atoms with Crippen LogP contribution in [-0.4, -0.2) is 82.0 Å². The van der Waals surface area contributed by atoms with Crippen molar-refractivity contribution in [1.82, 2.24) is 0 Å². The van der Waals surface area contributed by atoms with E-state index in [2.05, 4.69) is 24.3 Å². The zero-order valence-electron chi connectivity index (χ0n) is 18.5. The molecule has 7 heteroatoms. The molecule has 0 aliphatic rings. The molecule has 0 saturated heterocycles. The molecule has 0 bridgehead atoms. The molecule has 0 N–H and O–H groups in total. The van der Waals surface area contributed by atoms with E-state index in [4.69, 9.17) is 28.4 Å². The Morgan fingerprint density at radius 1 is 0.516 bits per heavy atom. The molecule has 0 fully saturated rings. The van der Waals surface area contributed by atoms with Crippen LogP contribution in [0.4, 0.5) is 0 Å². The van der Waals surface area contributed by atoms with Crippen molar-refractivity contribution < 1.29 is 28.4 Å². The molecule has 0 unspecified atom stereocenters. The summed E-state index contributed by atoms with van der Waals surface area (Å²) in [5.74, 6) is 1.76. The molecule has 6 nitrogen and oxygen atoms in total. The predicted octanol–water partition coefficient (Wildman–Crippen LogP) is 3.17. The molecule has 0 amide bonds. The fraction of sp³-hybridized carbons (Fsp3) is 0.500. The van der Waals surface area contributed by atoms with Crippen LogP contribution in [0.3, 0.4) is 0 Å². The SMILES string of the molecule is COCCOCCOc1ccc(C[Se]Cc2ccc(OCCOCCOC)cc2)cc1. The van der Waals surface area contributed by atoms with Crippen molar-refractivity contribution >= 4 is 15.0 Å². The molecule has 2 aromatic rings. The van der Waals surface area contributed by atoms with Crippen LogP contribution in [0, 0.1) is 0 Å². The van der Waals surface area contributed by atoms with Gasteiger partial charge in [-0.15, -0.1) is 0 Å². The maximum absolute atomic E-state index is 5.69. The summed E-state index contributed by atoms with van der Waals surface area (Å²) < 4.78 is 32.0. The molecule has 0 heterocycles. The van der Waals surface area contributed by atoms with E-state index in [-0.39, 0.29) is 0 Å². The monoisotopic (exact) mass is 498 g/mol. The summed E-state index contributed by atoms with van der Waals surface area (Å²) >= 11 is 0.509. The van der Waals surface area contributed by atoms with E-state index in [1.54, 1.807) is 14.2 Å². The van der Waals surface area contributed by atoms with Crippen molar-refractivity contribution in [2.24, 2.45) is 0 Å². The standard InChI is InChI=1S/C24H34O6Se/c1-25-11-13-27-15-17-29-23-7-3-21(4-8-23)19-31-20-22-5-9-24(10-6-22)30-18-16-28-14-12-26-2/h3-10H,11-20H2,1-2H3. The third-order valence-corrected chi connectivity index (χ3v) is 6.50. The molecule has 0 atom stereocenters. The van der Waals surface area contributed by atoms with Crippen molar-refractivity contribution in [3.8, 4) is 11.5 Å². The molecular weight excluding hydrogens is 463 g/mol. The molecule has 0 saturated carbocycles. The average molecular weight is 497 g/mol. The zero-order chi connectivity index (χ0) is 22.0. The van der Waals surface area contributed by atoms with Crippen molar-refractivity contribution in [2.75, 3.05) is 67.1 Å². The van der Waals surface area contributed by atoms with E-state index in [0.717, 1.165) is 22.1 Å². The van der Waals surface area contributed by atoms with Crippen LogP contribution in [-0.2, 0) is 29.6 Å². The molecule has 2 rings (SSSR count). The van der Waals surface area contributed by atoms with Gasteiger partial charge in [-0.1, -0.05) is 0 Å². The topological polar surface area (TPSA) is 55.4 Å².